The Labute approximate surface area is 208 Å². The van der Waals surface area contributed by atoms with Crippen molar-refractivity contribution in [2.45, 2.75) is 64.6 Å². The first kappa shape index (κ1) is 26.7. The third-order valence-electron chi connectivity index (χ3n) is 6.34. The fourth-order valence-corrected chi connectivity index (χ4v) is 4.19. The summed E-state index contributed by atoms with van der Waals surface area (Å²) < 4.78 is 6.11. The second-order valence-electron chi connectivity index (χ2n) is 9.41. The summed E-state index contributed by atoms with van der Waals surface area (Å²) in [6.07, 6.45) is 3.80. The number of nitrogens with one attached hydrogen (secondary N) is 2. The van der Waals surface area contributed by atoms with Crippen LogP contribution in [0, 0.1) is 0 Å². The Morgan fingerprint density at radius 2 is 1.91 bits per heavy atom. The van der Waals surface area contributed by atoms with E-state index in [0.717, 1.165) is 41.7 Å². The molecular weight excluding hydrogens is 442 g/mol. The van der Waals surface area contributed by atoms with Crippen LogP contribution in [0.4, 0.5) is 0 Å². The average molecular weight is 482 g/mol. The molecule has 35 heavy (non-hydrogen) atoms. The molecule has 0 unspecified atom stereocenters. The lowest BCUT2D eigenvalue weighted by molar-refractivity contribution is -0.123. The van der Waals surface area contributed by atoms with Crippen LogP contribution in [0.1, 0.15) is 62.3 Å². The van der Waals surface area contributed by atoms with Crippen molar-refractivity contribution in [2.24, 2.45) is 0 Å². The minimum atomic E-state index is -0.413. The summed E-state index contributed by atoms with van der Waals surface area (Å²) in [6, 6.07) is 15.4. The fraction of sp³-hybridized carbons (Fsp3) is 0.500. The van der Waals surface area contributed by atoms with Gasteiger partial charge in [-0.05, 0) is 56.7 Å². The van der Waals surface area contributed by atoms with E-state index >= 15 is 0 Å². The Bertz CT molecular complexity index is 948. The van der Waals surface area contributed by atoms with E-state index in [1.54, 1.807) is 0 Å². The number of nitrogens with zero attached hydrogens (tertiary/aromatic N) is 1. The van der Waals surface area contributed by atoms with E-state index in [-0.39, 0.29) is 24.5 Å². The van der Waals surface area contributed by atoms with Gasteiger partial charge in [0, 0.05) is 31.1 Å². The van der Waals surface area contributed by atoms with Crippen LogP contribution in [0.5, 0.6) is 5.75 Å². The van der Waals surface area contributed by atoms with Crippen LogP contribution in [0.2, 0.25) is 0 Å². The number of ether oxygens (including phenoxy) is 1. The first-order chi connectivity index (χ1) is 17.0. The average Bonchev–Trinajstić information content (AvgIpc) is 2.87. The highest BCUT2D eigenvalue weighted by atomic mass is 16.5. The van der Waals surface area contributed by atoms with E-state index in [4.69, 9.17) is 4.74 Å². The summed E-state index contributed by atoms with van der Waals surface area (Å²) in [5.74, 6) is 0.784. The maximum atomic E-state index is 12.6. The molecule has 7 heteroatoms. The number of aryl methyl sites for hydroxylation is 1. The molecule has 3 N–H and O–H groups in total. The van der Waals surface area contributed by atoms with Gasteiger partial charge in [-0.3, -0.25) is 14.5 Å². The Hall–Kier alpha value is -2.90. The molecule has 1 heterocycles. The molecule has 2 aromatic rings. The summed E-state index contributed by atoms with van der Waals surface area (Å²) in [7, 11) is 0. The van der Waals surface area contributed by atoms with Crippen LogP contribution in [-0.2, 0) is 22.6 Å². The number of carbonyl (C=O) groups excluding carboxylic acids is 2. The number of aliphatic hydroxyl groups excluding tert-OH is 1. The largest absolute Gasteiger partial charge is 0.493 e. The van der Waals surface area contributed by atoms with Crippen LogP contribution < -0.4 is 15.4 Å². The zero-order valence-electron chi connectivity index (χ0n) is 21.0. The molecule has 0 saturated carbocycles. The van der Waals surface area contributed by atoms with Crippen molar-refractivity contribution in [3.8, 4) is 5.75 Å². The normalized spacial score (nSPS) is 16.6. The quantitative estimate of drug-likeness (QED) is 0.564. The Balaban J connectivity index is 1.69. The monoisotopic (exact) mass is 481 g/mol. The zero-order valence-corrected chi connectivity index (χ0v) is 21.0. The molecule has 190 valence electrons. The molecule has 2 aromatic carbocycles. The van der Waals surface area contributed by atoms with E-state index in [0.29, 0.717) is 39.1 Å². The van der Waals surface area contributed by atoms with Gasteiger partial charge in [0.15, 0.2) is 0 Å². The van der Waals surface area contributed by atoms with Crippen molar-refractivity contribution in [3.05, 3.63) is 65.2 Å². The number of hydrogen-bond acceptors (Lipinski definition) is 5. The highest BCUT2D eigenvalue weighted by Gasteiger charge is 2.18. The summed E-state index contributed by atoms with van der Waals surface area (Å²) in [6.45, 7) is 6.31. The predicted octanol–water partition coefficient (Wildman–Crippen LogP) is 3.36. The molecule has 0 bridgehead atoms. The van der Waals surface area contributed by atoms with Gasteiger partial charge in [-0.2, -0.15) is 0 Å². The van der Waals surface area contributed by atoms with Gasteiger partial charge in [0.25, 0.3) is 0 Å². The first-order valence-corrected chi connectivity index (χ1v) is 12.7. The minimum absolute atomic E-state index is 0.0464. The molecule has 0 aromatic heterocycles. The summed E-state index contributed by atoms with van der Waals surface area (Å²) in [5, 5.41) is 15.7. The third-order valence-corrected chi connectivity index (χ3v) is 6.34. The highest BCUT2D eigenvalue weighted by Crippen LogP contribution is 2.24. The molecule has 2 amide bonds. The first-order valence-electron chi connectivity index (χ1n) is 12.7. The smallest absolute Gasteiger partial charge is 0.234 e. The Morgan fingerprint density at radius 3 is 2.66 bits per heavy atom. The van der Waals surface area contributed by atoms with Crippen LogP contribution >= 0.6 is 0 Å². The second kappa shape index (κ2) is 13.9. The number of rotatable bonds is 7. The molecular formula is C28H39N3O4. The van der Waals surface area contributed by atoms with Crippen LogP contribution in [0.15, 0.2) is 48.5 Å². The number of aliphatic hydroxyl groups is 1. The van der Waals surface area contributed by atoms with Crippen molar-refractivity contribution in [3.63, 3.8) is 0 Å². The van der Waals surface area contributed by atoms with Crippen LogP contribution in [-0.4, -0.2) is 54.2 Å². The van der Waals surface area contributed by atoms with Crippen LogP contribution in [0.25, 0.3) is 0 Å². The van der Waals surface area contributed by atoms with Crippen molar-refractivity contribution in [1.29, 1.82) is 0 Å². The van der Waals surface area contributed by atoms with E-state index in [9.17, 15) is 14.7 Å². The molecule has 0 radical (unpaired) electrons. The molecule has 0 aliphatic carbocycles. The summed E-state index contributed by atoms with van der Waals surface area (Å²) in [4.78, 5) is 27.2. The fourth-order valence-electron chi connectivity index (χ4n) is 4.19. The van der Waals surface area contributed by atoms with Gasteiger partial charge in [0.2, 0.25) is 11.8 Å². The van der Waals surface area contributed by atoms with E-state index in [1.165, 1.54) is 0 Å². The molecule has 0 saturated heterocycles. The number of amides is 2. The maximum Gasteiger partial charge on any atom is 0.234 e. The Kier molecular flexibility index (Phi) is 10.6. The molecule has 3 rings (SSSR count). The number of fused-ring (bicyclic) bond motifs is 1. The lowest BCUT2D eigenvalue weighted by atomic mass is 10.0. The van der Waals surface area contributed by atoms with Gasteiger partial charge in [-0.1, -0.05) is 42.5 Å². The lowest BCUT2D eigenvalue weighted by Gasteiger charge is -2.27. The van der Waals surface area contributed by atoms with Gasteiger partial charge >= 0.3 is 0 Å². The number of hydrogen-bond donors (Lipinski definition) is 3. The van der Waals surface area contributed by atoms with Gasteiger partial charge < -0.3 is 20.5 Å². The van der Waals surface area contributed by atoms with Crippen molar-refractivity contribution >= 4 is 11.8 Å². The molecule has 7 nitrogen and oxygen atoms in total. The van der Waals surface area contributed by atoms with Gasteiger partial charge in [0.1, 0.15) is 5.75 Å². The minimum Gasteiger partial charge on any atom is -0.493 e. The molecule has 0 fully saturated rings. The molecule has 0 spiro atoms. The standard InChI is InChI=1S/C28H39N3O4/c1-21(2)31-18-24-17-22(11-13-26(24)35-16-8-4-7-15-29-28(34)19-31)12-14-27(33)30-25(20-32)23-9-5-3-6-10-23/h3,5-6,9-11,13,17,21,25,32H,4,7-8,12,14-16,18-20H2,1-2H3,(H,29,34)(H,30,33)/t25-/m1/s1. The molecule has 1 aliphatic heterocycles. The topological polar surface area (TPSA) is 90.9 Å². The second-order valence-corrected chi connectivity index (χ2v) is 9.41. The maximum absolute atomic E-state index is 12.6. The summed E-state index contributed by atoms with van der Waals surface area (Å²) >= 11 is 0. The van der Waals surface area contributed by atoms with E-state index < -0.39 is 6.04 Å². The van der Waals surface area contributed by atoms with Crippen molar-refractivity contribution < 1.29 is 19.4 Å². The van der Waals surface area contributed by atoms with E-state index in [1.807, 2.05) is 42.5 Å². The highest BCUT2D eigenvalue weighted by molar-refractivity contribution is 5.78. The lowest BCUT2D eigenvalue weighted by Crippen LogP contribution is -2.40. The van der Waals surface area contributed by atoms with Crippen molar-refractivity contribution in [1.82, 2.24) is 15.5 Å². The zero-order chi connectivity index (χ0) is 25.0. The molecule has 1 aliphatic rings. The van der Waals surface area contributed by atoms with Crippen molar-refractivity contribution in [2.75, 3.05) is 26.3 Å². The molecule has 1 atom stereocenters. The number of benzene rings is 2. The third kappa shape index (κ3) is 8.67. The summed E-state index contributed by atoms with van der Waals surface area (Å²) in [5.41, 5.74) is 2.95. The van der Waals surface area contributed by atoms with E-state index in [2.05, 4.69) is 35.4 Å². The van der Waals surface area contributed by atoms with Gasteiger partial charge in [-0.15, -0.1) is 0 Å². The van der Waals surface area contributed by atoms with Gasteiger partial charge in [-0.25, -0.2) is 0 Å². The van der Waals surface area contributed by atoms with Gasteiger partial charge in [0.05, 0.1) is 25.8 Å². The predicted molar refractivity (Wildman–Crippen MR) is 137 cm³/mol. The Morgan fingerprint density at radius 1 is 1.11 bits per heavy atom. The van der Waals surface area contributed by atoms with Crippen LogP contribution in [0.3, 0.4) is 0 Å². The SMILES string of the molecule is CC(C)N1CC(=O)NCCCCCOc2ccc(CCC(=O)N[C@H](CO)c3ccccc3)cc2C1. The number of carbonyl (C=O) groups is 2.